The van der Waals surface area contributed by atoms with Crippen LogP contribution in [0.1, 0.15) is 19.8 Å². The number of piperidine rings is 1. The Balaban J connectivity index is 0.00000242. The van der Waals surface area contributed by atoms with E-state index in [0.29, 0.717) is 17.5 Å². The molecule has 1 aromatic rings. The first-order valence-corrected chi connectivity index (χ1v) is 8.42. The zero-order chi connectivity index (χ0) is 15.5. The molecule has 2 atom stereocenters. The van der Waals surface area contributed by atoms with Gasteiger partial charge in [0.25, 0.3) is 0 Å². The minimum atomic E-state index is -3.55. The zero-order valence-electron chi connectivity index (χ0n) is 13.0. The largest absolute Gasteiger partial charge is 0.493 e. The number of sulfonamides is 1. The van der Waals surface area contributed by atoms with E-state index in [9.17, 15) is 8.42 Å². The van der Waals surface area contributed by atoms with Gasteiger partial charge < -0.3 is 14.8 Å². The predicted octanol–water partition coefficient (Wildman–Crippen LogP) is 1.54. The lowest BCUT2D eigenvalue weighted by atomic mass is 10.0. The van der Waals surface area contributed by atoms with E-state index in [-0.39, 0.29) is 23.3 Å². The van der Waals surface area contributed by atoms with Crippen LogP contribution in [0, 0.1) is 0 Å². The molecule has 1 aromatic carbocycles. The van der Waals surface area contributed by atoms with Crippen LogP contribution in [0.5, 0.6) is 11.5 Å². The van der Waals surface area contributed by atoms with Gasteiger partial charge in [-0.2, -0.15) is 0 Å². The Hall–Kier alpha value is -1.02. The molecule has 2 rings (SSSR count). The Labute approximate surface area is 138 Å². The molecular formula is C14H23ClN2O4S. The Kier molecular flexibility index (Phi) is 6.93. The highest BCUT2D eigenvalue weighted by Crippen LogP contribution is 2.29. The van der Waals surface area contributed by atoms with Gasteiger partial charge in [0.2, 0.25) is 10.0 Å². The first kappa shape index (κ1) is 19.0. The number of ether oxygens (including phenoxy) is 2. The van der Waals surface area contributed by atoms with Crippen molar-refractivity contribution < 1.29 is 17.9 Å². The first-order chi connectivity index (χ1) is 9.96. The van der Waals surface area contributed by atoms with Gasteiger partial charge in [-0.3, -0.25) is 0 Å². The fraction of sp³-hybridized carbons (Fsp3) is 0.571. The van der Waals surface area contributed by atoms with Crippen LogP contribution in [0.25, 0.3) is 0 Å². The Morgan fingerprint density at radius 2 is 1.91 bits per heavy atom. The summed E-state index contributed by atoms with van der Waals surface area (Å²) in [5.74, 6) is 0.908. The van der Waals surface area contributed by atoms with Gasteiger partial charge in [-0.05, 0) is 38.4 Å². The molecule has 126 valence electrons. The van der Waals surface area contributed by atoms with E-state index in [4.69, 9.17) is 9.47 Å². The van der Waals surface area contributed by atoms with Crippen LogP contribution in [-0.2, 0) is 10.0 Å². The summed E-state index contributed by atoms with van der Waals surface area (Å²) < 4.78 is 37.9. The van der Waals surface area contributed by atoms with Crippen LogP contribution in [0.15, 0.2) is 23.1 Å². The van der Waals surface area contributed by atoms with Crippen LogP contribution in [0.4, 0.5) is 0 Å². The molecule has 1 fully saturated rings. The third kappa shape index (κ3) is 4.49. The Morgan fingerprint density at radius 3 is 2.50 bits per heavy atom. The van der Waals surface area contributed by atoms with Crippen molar-refractivity contribution in [2.45, 2.75) is 36.7 Å². The Morgan fingerprint density at radius 1 is 1.23 bits per heavy atom. The van der Waals surface area contributed by atoms with Crippen LogP contribution in [-0.4, -0.2) is 41.3 Å². The average Bonchev–Trinajstić information content (AvgIpc) is 2.46. The maximum Gasteiger partial charge on any atom is 0.240 e. The van der Waals surface area contributed by atoms with Gasteiger partial charge in [0.1, 0.15) is 0 Å². The first-order valence-electron chi connectivity index (χ1n) is 6.94. The topological polar surface area (TPSA) is 76.7 Å². The molecule has 0 amide bonds. The summed E-state index contributed by atoms with van der Waals surface area (Å²) in [4.78, 5) is 0.186. The lowest BCUT2D eigenvalue weighted by Crippen LogP contribution is -2.46. The number of hydrogen-bond donors (Lipinski definition) is 2. The lowest BCUT2D eigenvalue weighted by Gasteiger charge is -2.28. The quantitative estimate of drug-likeness (QED) is 0.842. The van der Waals surface area contributed by atoms with Gasteiger partial charge in [-0.15, -0.1) is 12.4 Å². The highest BCUT2D eigenvalue weighted by Gasteiger charge is 2.25. The highest BCUT2D eigenvalue weighted by atomic mass is 35.5. The second-order valence-electron chi connectivity index (χ2n) is 5.21. The predicted molar refractivity (Wildman–Crippen MR) is 87.6 cm³/mol. The molecule has 0 spiro atoms. The average molecular weight is 351 g/mol. The van der Waals surface area contributed by atoms with Gasteiger partial charge in [0.15, 0.2) is 11.5 Å². The molecule has 2 unspecified atom stereocenters. The second-order valence-corrected chi connectivity index (χ2v) is 6.93. The van der Waals surface area contributed by atoms with Crippen molar-refractivity contribution in [3.05, 3.63) is 18.2 Å². The molecule has 0 aromatic heterocycles. The zero-order valence-corrected chi connectivity index (χ0v) is 14.6. The van der Waals surface area contributed by atoms with E-state index in [1.807, 2.05) is 0 Å². The van der Waals surface area contributed by atoms with Gasteiger partial charge in [0, 0.05) is 18.2 Å². The monoisotopic (exact) mass is 350 g/mol. The van der Waals surface area contributed by atoms with Crippen LogP contribution >= 0.6 is 12.4 Å². The summed E-state index contributed by atoms with van der Waals surface area (Å²) in [6.45, 7) is 2.87. The molecule has 1 heterocycles. The number of nitrogens with one attached hydrogen (secondary N) is 2. The smallest absolute Gasteiger partial charge is 0.240 e. The van der Waals surface area contributed by atoms with Gasteiger partial charge >= 0.3 is 0 Å². The standard InChI is InChI=1S/C14H22N2O4S.ClH/c1-10-8-11(6-7-15-10)16-21(17,18)12-4-5-13(19-2)14(9-12)20-3;/h4-5,9-11,15-16H,6-8H2,1-3H3;1H. The van der Waals surface area contributed by atoms with E-state index in [2.05, 4.69) is 17.0 Å². The summed E-state index contributed by atoms with van der Waals surface area (Å²) in [7, 11) is -0.557. The molecule has 1 aliphatic heterocycles. The van der Waals surface area contributed by atoms with Crippen molar-refractivity contribution in [2.75, 3.05) is 20.8 Å². The molecule has 0 saturated carbocycles. The number of hydrogen-bond acceptors (Lipinski definition) is 5. The minimum Gasteiger partial charge on any atom is -0.493 e. The molecular weight excluding hydrogens is 328 g/mol. The second kappa shape index (κ2) is 8.01. The van der Waals surface area contributed by atoms with Gasteiger partial charge in [0.05, 0.1) is 19.1 Å². The number of benzene rings is 1. The molecule has 1 saturated heterocycles. The molecule has 8 heteroatoms. The molecule has 0 radical (unpaired) electrons. The molecule has 0 bridgehead atoms. The fourth-order valence-electron chi connectivity index (χ4n) is 2.51. The lowest BCUT2D eigenvalue weighted by molar-refractivity contribution is 0.353. The van der Waals surface area contributed by atoms with Crippen molar-refractivity contribution >= 4 is 22.4 Å². The summed E-state index contributed by atoms with van der Waals surface area (Å²) in [6, 6.07) is 4.87. The summed E-state index contributed by atoms with van der Waals surface area (Å²) in [6.07, 6.45) is 1.57. The maximum atomic E-state index is 12.4. The van der Waals surface area contributed by atoms with Crippen LogP contribution in [0.3, 0.4) is 0 Å². The fourth-order valence-corrected chi connectivity index (χ4v) is 3.81. The molecule has 1 aliphatic rings. The van der Waals surface area contributed by atoms with E-state index in [0.717, 1.165) is 19.4 Å². The van der Waals surface area contributed by atoms with E-state index >= 15 is 0 Å². The van der Waals surface area contributed by atoms with Crippen molar-refractivity contribution in [3.63, 3.8) is 0 Å². The molecule has 0 aliphatic carbocycles. The van der Waals surface area contributed by atoms with E-state index in [1.54, 1.807) is 6.07 Å². The molecule has 22 heavy (non-hydrogen) atoms. The molecule has 2 N–H and O–H groups in total. The van der Waals surface area contributed by atoms with Crippen molar-refractivity contribution in [1.82, 2.24) is 10.0 Å². The number of methoxy groups -OCH3 is 2. The van der Waals surface area contributed by atoms with E-state index < -0.39 is 10.0 Å². The van der Waals surface area contributed by atoms with Crippen LogP contribution < -0.4 is 19.5 Å². The Bertz CT molecular complexity index is 595. The molecule has 6 nitrogen and oxygen atoms in total. The van der Waals surface area contributed by atoms with Crippen molar-refractivity contribution in [2.24, 2.45) is 0 Å². The number of rotatable bonds is 5. The third-order valence-corrected chi connectivity index (χ3v) is 5.13. The SMILES string of the molecule is COc1ccc(S(=O)(=O)NC2CCNC(C)C2)cc1OC.Cl. The van der Waals surface area contributed by atoms with Crippen LogP contribution in [0.2, 0.25) is 0 Å². The van der Waals surface area contributed by atoms with Gasteiger partial charge in [-0.1, -0.05) is 0 Å². The van der Waals surface area contributed by atoms with Crippen molar-refractivity contribution in [3.8, 4) is 11.5 Å². The summed E-state index contributed by atoms with van der Waals surface area (Å²) >= 11 is 0. The summed E-state index contributed by atoms with van der Waals surface area (Å²) in [5, 5.41) is 3.30. The highest BCUT2D eigenvalue weighted by molar-refractivity contribution is 7.89. The number of halogens is 1. The third-order valence-electron chi connectivity index (χ3n) is 3.61. The van der Waals surface area contributed by atoms with Gasteiger partial charge in [-0.25, -0.2) is 13.1 Å². The van der Waals surface area contributed by atoms with E-state index in [1.165, 1.54) is 26.4 Å². The normalized spacial score (nSPS) is 21.8. The maximum absolute atomic E-state index is 12.4. The van der Waals surface area contributed by atoms with Crippen molar-refractivity contribution in [1.29, 1.82) is 0 Å². The minimum absolute atomic E-state index is 0. The summed E-state index contributed by atoms with van der Waals surface area (Å²) in [5.41, 5.74) is 0.